The molecular formula is C10H13Cl2Hf-3. The van der Waals surface area contributed by atoms with Crippen LogP contribution in [0, 0.1) is 6.92 Å². The Bertz CT molecular complexity index is 220. The van der Waals surface area contributed by atoms with Gasteiger partial charge in [0.15, 0.2) is 0 Å². The molecule has 0 saturated carbocycles. The van der Waals surface area contributed by atoms with Crippen LogP contribution >= 0.6 is 0 Å². The van der Waals surface area contributed by atoms with Crippen LogP contribution in [-0.4, -0.2) is 0 Å². The Morgan fingerprint density at radius 1 is 1.15 bits per heavy atom. The van der Waals surface area contributed by atoms with Crippen LogP contribution in [0.3, 0.4) is 0 Å². The average molecular weight is 383 g/mol. The van der Waals surface area contributed by atoms with Crippen molar-refractivity contribution in [3.05, 3.63) is 28.8 Å². The number of halogens is 2. The summed E-state index contributed by atoms with van der Waals surface area (Å²) in [4.78, 5) is 0. The molecule has 0 fully saturated rings. The van der Waals surface area contributed by atoms with E-state index in [0.717, 1.165) is 0 Å². The molecule has 1 aromatic rings. The minimum absolute atomic E-state index is 0. The second kappa shape index (κ2) is 7.14. The zero-order valence-corrected chi connectivity index (χ0v) is 12.8. The summed E-state index contributed by atoms with van der Waals surface area (Å²) in [6, 6.07) is 4.68. The topological polar surface area (TPSA) is 0 Å². The summed E-state index contributed by atoms with van der Waals surface area (Å²) in [6.45, 7) is 2.19. The summed E-state index contributed by atoms with van der Waals surface area (Å²) in [5, 5.41) is 0. The predicted molar refractivity (Wildman–Crippen MR) is 43.4 cm³/mol. The van der Waals surface area contributed by atoms with Crippen LogP contribution in [0.2, 0.25) is 0 Å². The van der Waals surface area contributed by atoms with Crippen LogP contribution in [0.15, 0.2) is 12.1 Å². The van der Waals surface area contributed by atoms with E-state index < -0.39 is 0 Å². The van der Waals surface area contributed by atoms with Gasteiger partial charge in [-0.15, -0.1) is 0 Å². The van der Waals surface area contributed by atoms with Crippen molar-refractivity contribution in [3.63, 3.8) is 0 Å². The molecule has 0 aromatic heterocycles. The van der Waals surface area contributed by atoms with Crippen molar-refractivity contribution in [1.29, 1.82) is 0 Å². The van der Waals surface area contributed by atoms with Crippen molar-refractivity contribution in [2.75, 3.05) is 0 Å². The minimum atomic E-state index is 0. The standard InChI is InChI=1S/C10H13.2ClH.Hf/c1-8-6-9-4-2-3-5-10(9)7-8;;;/h6-7H,2-5H2,1H3;2*1H;/q-1;;;/p-2. The third kappa shape index (κ3) is 3.81. The van der Waals surface area contributed by atoms with Gasteiger partial charge in [-0.25, -0.2) is 6.07 Å². The number of hydrogen-bond donors (Lipinski definition) is 0. The van der Waals surface area contributed by atoms with Gasteiger partial charge in [0, 0.05) is 25.8 Å². The summed E-state index contributed by atoms with van der Waals surface area (Å²) >= 11 is 0. The Morgan fingerprint density at radius 3 is 2.38 bits per heavy atom. The van der Waals surface area contributed by atoms with Gasteiger partial charge >= 0.3 is 0 Å². The molecule has 0 amide bonds. The first-order chi connectivity index (χ1) is 4.86. The van der Waals surface area contributed by atoms with Crippen LogP contribution in [0.4, 0.5) is 0 Å². The Hall–Kier alpha value is 0.800. The fourth-order valence-corrected chi connectivity index (χ4v) is 1.87. The maximum absolute atomic E-state index is 2.34. The van der Waals surface area contributed by atoms with Gasteiger partial charge < -0.3 is 24.8 Å². The summed E-state index contributed by atoms with van der Waals surface area (Å²) < 4.78 is 0. The fraction of sp³-hybridized carbons (Fsp3) is 0.500. The zero-order chi connectivity index (χ0) is 6.97. The van der Waals surface area contributed by atoms with Crippen molar-refractivity contribution in [1.82, 2.24) is 0 Å². The molecule has 0 heterocycles. The van der Waals surface area contributed by atoms with Gasteiger partial charge in [-0.2, -0.15) is 22.8 Å². The van der Waals surface area contributed by atoms with E-state index in [1.165, 1.54) is 31.2 Å². The normalized spacial score (nSPS) is 13.0. The van der Waals surface area contributed by atoms with Crippen LogP contribution in [0.1, 0.15) is 29.5 Å². The van der Waals surface area contributed by atoms with Crippen molar-refractivity contribution < 1.29 is 50.7 Å². The molecule has 0 saturated heterocycles. The van der Waals surface area contributed by atoms with Crippen LogP contribution in [0.25, 0.3) is 0 Å². The van der Waals surface area contributed by atoms with Crippen LogP contribution < -0.4 is 24.8 Å². The van der Waals surface area contributed by atoms with Crippen molar-refractivity contribution >= 4 is 0 Å². The smallest absolute Gasteiger partial charge is 0 e. The van der Waals surface area contributed by atoms with Gasteiger partial charge in [0.2, 0.25) is 0 Å². The van der Waals surface area contributed by atoms with E-state index in [1.807, 2.05) is 0 Å². The second-order valence-electron chi connectivity index (χ2n) is 3.29. The molecule has 0 nitrogen and oxygen atoms in total. The van der Waals surface area contributed by atoms with E-state index in [-0.39, 0.29) is 50.7 Å². The predicted octanol–water partition coefficient (Wildman–Crippen LogP) is -3.40. The first-order valence-electron chi connectivity index (χ1n) is 4.11. The van der Waals surface area contributed by atoms with Crippen LogP contribution in [0.5, 0.6) is 0 Å². The van der Waals surface area contributed by atoms with Gasteiger partial charge in [0.1, 0.15) is 0 Å². The van der Waals surface area contributed by atoms with Gasteiger partial charge in [-0.1, -0.05) is 32.6 Å². The number of fused-ring (bicyclic) bond motifs is 1. The molecule has 0 N–H and O–H groups in total. The molecular weight excluding hydrogens is 370 g/mol. The van der Waals surface area contributed by atoms with Gasteiger partial charge in [0.05, 0.1) is 0 Å². The molecule has 1 aliphatic carbocycles. The molecule has 13 heavy (non-hydrogen) atoms. The first-order valence-corrected chi connectivity index (χ1v) is 4.11. The zero-order valence-electron chi connectivity index (χ0n) is 7.74. The SMILES string of the molecule is Cc1cc2c([cH-]1)CCCC2.[Cl-].[Cl-].[Hf]. The Kier molecular flexibility index (Phi) is 8.92. The maximum atomic E-state index is 2.34. The van der Waals surface area contributed by atoms with Crippen molar-refractivity contribution in [3.8, 4) is 0 Å². The summed E-state index contributed by atoms with van der Waals surface area (Å²) in [5.74, 6) is 0. The van der Waals surface area contributed by atoms with Crippen molar-refractivity contribution in [2.45, 2.75) is 32.6 Å². The molecule has 0 aliphatic heterocycles. The molecule has 0 radical (unpaired) electrons. The third-order valence-corrected chi connectivity index (χ3v) is 2.36. The number of rotatable bonds is 0. The van der Waals surface area contributed by atoms with E-state index in [1.54, 1.807) is 11.1 Å². The molecule has 0 bridgehead atoms. The Balaban J connectivity index is 0. The fourth-order valence-electron chi connectivity index (χ4n) is 1.87. The molecule has 0 spiro atoms. The van der Waals surface area contributed by atoms with E-state index in [0.29, 0.717) is 0 Å². The van der Waals surface area contributed by atoms with Gasteiger partial charge in [-0.05, 0) is 0 Å². The summed E-state index contributed by atoms with van der Waals surface area (Å²) in [5.41, 5.74) is 4.68. The quantitative estimate of drug-likeness (QED) is 0.324. The molecule has 0 unspecified atom stereocenters. The first kappa shape index (κ1) is 16.2. The van der Waals surface area contributed by atoms with Crippen molar-refractivity contribution in [2.24, 2.45) is 0 Å². The number of aryl methyl sites for hydroxylation is 3. The molecule has 1 aliphatic rings. The third-order valence-electron chi connectivity index (χ3n) is 2.36. The van der Waals surface area contributed by atoms with E-state index in [9.17, 15) is 0 Å². The molecule has 3 heteroatoms. The number of hydrogen-bond acceptors (Lipinski definition) is 0. The van der Waals surface area contributed by atoms with Gasteiger partial charge in [0.25, 0.3) is 0 Å². The molecule has 0 atom stereocenters. The maximum Gasteiger partial charge on any atom is 0 e. The average Bonchev–Trinajstić information content (AvgIpc) is 2.27. The Morgan fingerprint density at radius 2 is 1.77 bits per heavy atom. The van der Waals surface area contributed by atoms with Crippen LogP contribution in [-0.2, 0) is 38.7 Å². The van der Waals surface area contributed by atoms with Gasteiger partial charge in [-0.3, -0.25) is 0 Å². The molecule has 2 rings (SSSR count). The second-order valence-corrected chi connectivity index (χ2v) is 3.29. The largest absolute Gasteiger partial charge is 1.00 e. The van der Waals surface area contributed by atoms with E-state index in [4.69, 9.17) is 0 Å². The Labute approximate surface area is 111 Å². The summed E-state index contributed by atoms with van der Waals surface area (Å²) in [7, 11) is 0. The minimum Gasteiger partial charge on any atom is -1.00 e. The monoisotopic (exact) mass is 383 g/mol. The van der Waals surface area contributed by atoms with E-state index in [2.05, 4.69) is 19.1 Å². The van der Waals surface area contributed by atoms with E-state index >= 15 is 0 Å². The molecule has 74 valence electrons. The summed E-state index contributed by atoms with van der Waals surface area (Å²) in [6.07, 6.45) is 5.44. The molecule has 1 aromatic carbocycles.